The van der Waals surface area contributed by atoms with E-state index in [9.17, 15) is 93.9 Å². The largest absolute Gasteiger partial charge is 1.00 e. The van der Waals surface area contributed by atoms with Gasteiger partial charge in [0, 0.05) is 38.8 Å². The number of aliphatic hydroxyl groups excluding tert-OH is 8. The van der Waals surface area contributed by atoms with Crippen LogP contribution in [0, 0.1) is 17.2 Å². The number of unbranched alkanes of at least 4 members (excludes halogenated alkanes) is 5. The van der Waals surface area contributed by atoms with Crippen molar-refractivity contribution in [3.8, 4) is 5.75 Å². The molecular formula is C50H80N8NaO20P. The van der Waals surface area contributed by atoms with Crippen LogP contribution in [0.5, 0.6) is 5.75 Å². The van der Waals surface area contributed by atoms with Crippen molar-refractivity contribution in [1.29, 1.82) is 5.41 Å². The van der Waals surface area contributed by atoms with Gasteiger partial charge in [0.25, 0.3) is 0 Å². The number of benzene rings is 1. The van der Waals surface area contributed by atoms with Crippen LogP contribution in [0.1, 0.15) is 129 Å². The Morgan fingerprint density at radius 3 is 1.96 bits per heavy atom. The van der Waals surface area contributed by atoms with Crippen molar-refractivity contribution >= 4 is 55.1 Å². The van der Waals surface area contributed by atoms with Crippen LogP contribution >= 0.6 is 7.82 Å². The summed E-state index contributed by atoms with van der Waals surface area (Å²) in [5.41, 5.74) is -0.286. The molecule has 80 heavy (non-hydrogen) atoms. The second-order valence-electron chi connectivity index (χ2n) is 21.1. The summed E-state index contributed by atoms with van der Waals surface area (Å²) in [4.78, 5) is 119. The summed E-state index contributed by atoms with van der Waals surface area (Å²) < 4.78 is 15.9. The molecule has 3 heterocycles. The molecule has 7 amide bonds. The molecule has 3 aliphatic heterocycles. The van der Waals surface area contributed by atoms with E-state index < -0.39 is 178 Å². The molecule has 0 saturated carbocycles. The summed E-state index contributed by atoms with van der Waals surface area (Å²) in [6.45, 7) is 6.59. The monoisotopic (exact) mass is 1170 g/mol. The number of nitrogens with one attached hydrogen (secondary N) is 6. The van der Waals surface area contributed by atoms with E-state index in [0.29, 0.717) is 34.5 Å². The number of carbonyl (C=O) groups is 7. The molecule has 1 aromatic rings. The molecule has 0 aromatic heterocycles. The third kappa shape index (κ3) is 20.8. The number of rotatable bonds is 22. The summed E-state index contributed by atoms with van der Waals surface area (Å²) in [6, 6.07) is -8.49. The van der Waals surface area contributed by atoms with E-state index >= 15 is 0 Å². The Morgan fingerprint density at radius 1 is 0.775 bits per heavy atom. The predicted octanol–water partition coefficient (Wildman–Crippen LogP) is -6.72. The first-order chi connectivity index (χ1) is 37.0. The molecule has 3 aliphatic rings. The molecule has 3 fully saturated rings. The van der Waals surface area contributed by atoms with Crippen molar-refractivity contribution in [2.75, 3.05) is 13.1 Å². The number of nitrogens with zero attached hydrogens (tertiary/aromatic N) is 2. The Balaban J connectivity index is 0.0000168. The van der Waals surface area contributed by atoms with Crippen molar-refractivity contribution < 1.29 is 128 Å². The van der Waals surface area contributed by atoms with Gasteiger partial charge < -0.3 is 92.3 Å². The second-order valence-corrected chi connectivity index (χ2v) is 22.3. The van der Waals surface area contributed by atoms with Gasteiger partial charge in [-0.15, -0.1) is 0 Å². The average molecular weight is 1170 g/mol. The van der Waals surface area contributed by atoms with Crippen molar-refractivity contribution in [2.24, 2.45) is 11.8 Å². The van der Waals surface area contributed by atoms with Crippen LogP contribution in [-0.2, 0) is 38.1 Å². The summed E-state index contributed by atoms with van der Waals surface area (Å²) in [5.74, 6) is -9.47. The molecule has 3 saturated heterocycles. The van der Waals surface area contributed by atoms with E-state index in [1.165, 1.54) is 6.42 Å². The summed E-state index contributed by atoms with van der Waals surface area (Å²) in [5, 5.41) is 120. The first-order valence-corrected chi connectivity index (χ1v) is 28.2. The van der Waals surface area contributed by atoms with Gasteiger partial charge in [-0.25, -0.2) is 4.57 Å². The molecule has 0 bridgehead atoms. The van der Waals surface area contributed by atoms with E-state index in [1.54, 1.807) is 0 Å². The Labute approximate surface area is 485 Å². The molecule has 30 heteroatoms. The Hall–Kier alpha value is -4.39. The fourth-order valence-corrected chi connectivity index (χ4v) is 10.4. The fourth-order valence-electron chi connectivity index (χ4n) is 9.97. The van der Waals surface area contributed by atoms with Gasteiger partial charge in [-0.2, -0.15) is 0 Å². The minimum atomic E-state index is -5.07. The number of phosphoric ester groups is 1. The number of carbonyl (C=O) groups excluding carboxylic acids is 7. The summed E-state index contributed by atoms with van der Waals surface area (Å²) in [7, 11) is -5.07. The first kappa shape index (κ1) is 69.9. The number of fused-ring (bicyclic) bond motifs is 2. The van der Waals surface area contributed by atoms with Gasteiger partial charge in [-0.3, -0.25) is 43.3 Å². The average Bonchev–Trinajstić information content (AvgIpc) is 3.98. The molecule has 1 aromatic carbocycles. The van der Waals surface area contributed by atoms with Crippen LogP contribution < -0.4 is 65.8 Å². The zero-order chi connectivity index (χ0) is 59.1. The first-order valence-electron chi connectivity index (χ1n) is 26.7. The molecular weight excluding hydrogens is 1090 g/mol. The Bertz CT molecular complexity index is 2300. The van der Waals surface area contributed by atoms with Crippen LogP contribution in [0.3, 0.4) is 0 Å². The number of hydrogen-bond donors (Lipinski definition) is 16. The van der Waals surface area contributed by atoms with Gasteiger partial charge in [-0.05, 0) is 61.6 Å². The summed E-state index contributed by atoms with van der Waals surface area (Å²) >= 11 is 0. The maximum atomic E-state index is 14.4. The Morgan fingerprint density at radius 2 is 1.36 bits per heavy atom. The minimum absolute atomic E-state index is 0. The zero-order valence-corrected chi connectivity index (χ0v) is 48.7. The number of phosphoric acid groups is 1. The van der Waals surface area contributed by atoms with Crippen molar-refractivity contribution in [3.63, 3.8) is 0 Å². The molecule has 446 valence electrons. The standard InChI is InChI=1S/C50H81N8O20P.Na/c1-5-25(2)20-26(3)12-10-8-6-7-9-11-13-37(65)52-31-22-35(63)46(70)56-48(72)41-33(61)18-19-57(41)50(74)39(34(62)23-36(51)64)54-47(71)40(43(67)42(66)28-14-16-30(17-15-28)78-79(75,76)77)55-45(69)32-21-29(60)24-58(32)49(73)38(27(4)59)53-44(31)68;/h14-17,25-27,29,31-35,38-43,46,59-63,66-67,70H,5-13,18-24H2,1-4H3,(H2,51,64)(H,52,65)(H,53,68)(H,54,71)(H,55,69)(H,56,72)(H2,75,76,77);/q;+1/p-1/t25?,26?,27-,29-,31+,32+,33+,34-,35-,38+,39+,40+,41+,42+,43+,46-;/m1./s1. The van der Waals surface area contributed by atoms with E-state index in [-0.39, 0.29) is 48.0 Å². The fraction of sp³-hybridized carbons (Fsp3) is 0.720. The molecule has 4 rings (SSSR count). The van der Waals surface area contributed by atoms with E-state index in [0.717, 1.165) is 69.7 Å². The molecule has 28 nitrogen and oxygen atoms in total. The number of aliphatic hydroxyl groups is 8. The maximum Gasteiger partial charge on any atom is 1.00 e. The molecule has 16 atom stereocenters. The van der Waals surface area contributed by atoms with Crippen LogP contribution in [0.15, 0.2) is 24.3 Å². The van der Waals surface area contributed by atoms with Gasteiger partial charge in [0.2, 0.25) is 41.4 Å². The van der Waals surface area contributed by atoms with Crippen molar-refractivity contribution in [1.82, 2.24) is 36.4 Å². The number of amides is 7. The summed E-state index contributed by atoms with van der Waals surface area (Å²) in [6.07, 6.45) is -11.3. The molecule has 16 N–H and O–H groups in total. The topological polar surface area (TPSA) is 462 Å². The SMILES string of the molecule is CCC(C)CC(C)CCCCCCCCC(=O)N[C@H]1C[C@@H](O)[C@@H](O)NC(=O)[C@@H]2[C@@H](O)CCN2C(=O)[C@H]([C@H](O)CC(=N)[O-])NC(=O)[C@H]([C@H](O)[C@@H](O)c2ccc(OP(=O)(O)O)cc2)NC(=O)[C@@H]2C[C@@H](O)CN2C(=O)[C@H]([C@@H](C)O)NC1=O.[Na+]. The van der Waals surface area contributed by atoms with Gasteiger partial charge in [0.15, 0.2) is 6.23 Å². The van der Waals surface area contributed by atoms with Crippen LogP contribution in [0.4, 0.5) is 0 Å². The van der Waals surface area contributed by atoms with Gasteiger partial charge >= 0.3 is 37.4 Å². The molecule has 0 radical (unpaired) electrons. The molecule has 2 unspecified atom stereocenters. The normalized spacial score (nSPS) is 28.0. The molecule has 0 spiro atoms. The quantitative estimate of drug-likeness (QED) is 0.0169. The van der Waals surface area contributed by atoms with E-state index in [1.807, 2.05) is 5.32 Å². The zero-order valence-electron chi connectivity index (χ0n) is 45.8. The van der Waals surface area contributed by atoms with Crippen LogP contribution in [0.2, 0.25) is 0 Å². The van der Waals surface area contributed by atoms with Crippen LogP contribution in [-0.4, -0.2) is 200 Å². The third-order valence-electron chi connectivity index (χ3n) is 14.5. The van der Waals surface area contributed by atoms with Crippen molar-refractivity contribution in [2.45, 2.75) is 203 Å². The maximum absolute atomic E-state index is 14.4. The minimum Gasteiger partial charge on any atom is -0.862 e. The second kappa shape index (κ2) is 32.5. The van der Waals surface area contributed by atoms with Gasteiger partial charge in [0.1, 0.15) is 60.3 Å². The third-order valence-corrected chi connectivity index (χ3v) is 14.9. The van der Waals surface area contributed by atoms with E-state index in [2.05, 4.69) is 46.6 Å². The smallest absolute Gasteiger partial charge is 0.862 e. The van der Waals surface area contributed by atoms with Crippen LogP contribution in [0.25, 0.3) is 0 Å². The Kier molecular flexibility index (Phi) is 28.3. The predicted molar refractivity (Wildman–Crippen MR) is 275 cm³/mol. The van der Waals surface area contributed by atoms with Crippen molar-refractivity contribution in [3.05, 3.63) is 29.8 Å². The number of hydrogen-bond acceptors (Lipinski definition) is 19. The molecule has 0 aliphatic carbocycles. The van der Waals surface area contributed by atoms with E-state index in [4.69, 9.17) is 5.41 Å². The van der Waals surface area contributed by atoms with Gasteiger partial charge in [-0.1, -0.05) is 77.8 Å². The van der Waals surface area contributed by atoms with Gasteiger partial charge in [0.05, 0.1) is 24.4 Å².